The molecule has 0 aromatic rings. The second-order valence-electron chi connectivity index (χ2n) is 8.73. The molecule has 148 valence electrons. The zero-order chi connectivity index (χ0) is 19.5. The highest BCUT2D eigenvalue weighted by Crippen LogP contribution is 2.68. The minimum Gasteiger partial charge on any atom is -0.450 e. The Labute approximate surface area is 166 Å². The van der Waals surface area contributed by atoms with Crippen molar-refractivity contribution in [3.05, 3.63) is 46.3 Å². The second-order valence-corrected chi connectivity index (χ2v) is 8.73. The van der Waals surface area contributed by atoms with Crippen molar-refractivity contribution in [3.63, 3.8) is 0 Å². The zero-order valence-corrected chi connectivity index (χ0v) is 16.8. The molecule has 5 aliphatic rings. The van der Waals surface area contributed by atoms with Crippen LogP contribution in [0.25, 0.3) is 0 Å². The second kappa shape index (κ2) is 6.47. The summed E-state index contributed by atoms with van der Waals surface area (Å²) < 4.78 is 11.9. The van der Waals surface area contributed by atoms with Gasteiger partial charge in [0.15, 0.2) is 0 Å². The van der Waals surface area contributed by atoms with Gasteiger partial charge in [0, 0.05) is 17.4 Å². The van der Waals surface area contributed by atoms with Crippen LogP contribution in [0.3, 0.4) is 0 Å². The molecule has 0 saturated heterocycles. The van der Waals surface area contributed by atoms with Crippen LogP contribution in [-0.4, -0.2) is 17.5 Å². The van der Waals surface area contributed by atoms with Gasteiger partial charge in [0.1, 0.15) is 11.4 Å². The summed E-state index contributed by atoms with van der Waals surface area (Å²) >= 11 is 0. The van der Waals surface area contributed by atoms with E-state index >= 15 is 0 Å². The Balaban J connectivity index is 1.63. The lowest BCUT2D eigenvalue weighted by atomic mass is 9.44. The van der Waals surface area contributed by atoms with Gasteiger partial charge in [-0.15, -0.1) is 0 Å². The maximum absolute atomic E-state index is 12.9. The lowest BCUT2D eigenvalue weighted by Crippen LogP contribution is -2.65. The summed E-state index contributed by atoms with van der Waals surface area (Å²) in [5.41, 5.74) is 3.16. The fraction of sp³-hybridized carbons (Fsp3) is 0.583. The van der Waals surface area contributed by atoms with Crippen LogP contribution in [0.4, 0.5) is 0 Å². The third kappa shape index (κ3) is 2.18. The zero-order valence-electron chi connectivity index (χ0n) is 16.8. The highest BCUT2D eigenvalue weighted by atomic mass is 16.6. The highest BCUT2D eigenvalue weighted by molar-refractivity contribution is 5.99. The smallest absolute Gasteiger partial charge is 0.340 e. The van der Waals surface area contributed by atoms with Crippen LogP contribution in [0.1, 0.15) is 65.2 Å². The SMILES string of the molecule is CCC/C=C1\OC(=O)C2=C1CCC1[C@@H]2[C@@]2(OC(=O)C3=C2CCC=C3)[C@H]1CCC. The number of ether oxygens (including phenoxy) is 2. The Morgan fingerprint density at radius 1 is 1.18 bits per heavy atom. The summed E-state index contributed by atoms with van der Waals surface area (Å²) in [6, 6.07) is 0. The Morgan fingerprint density at radius 3 is 2.82 bits per heavy atom. The predicted octanol–water partition coefficient (Wildman–Crippen LogP) is 4.92. The van der Waals surface area contributed by atoms with Crippen LogP contribution in [0.5, 0.6) is 0 Å². The van der Waals surface area contributed by atoms with Crippen LogP contribution in [0, 0.1) is 17.8 Å². The average Bonchev–Trinajstić information content (AvgIpc) is 3.19. The molecular formula is C24H28O4. The Hall–Kier alpha value is -2.10. The number of hydrogen-bond acceptors (Lipinski definition) is 4. The molecule has 4 nitrogen and oxygen atoms in total. The lowest BCUT2D eigenvalue weighted by molar-refractivity contribution is -0.197. The summed E-state index contributed by atoms with van der Waals surface area (Å²) in [4.78, 5) is 25.7. The van der Waals surface area contributed by atoms with Gasteiger partial charge in [0.2, 0.25) is 0 Å². The van der Waals surface area contributed by atoms with E-state index < -0.39 is 5.60 Å². The number of carbonyl (C=O) groups is 2. The number of fused-ring (bicyclic) bond motifs is 4. The predicted molar refractivity (Wildman–Crippen MR) is 105 cm³/mol. The normalized spacial score (nSPS) is 37.1. The van der Waals surface area contributed by atoms with Gasteiger partial charge in [-0.3, -0.25) is 0 Å². The molecule has 1 unspecified atom stereocenters. The van der Waals surface area contributed by atoms with Crippen molar-refractivity contribution < 1.29 is 19.1 Å². The molecule has 0 N–H and O–H groups in total. The Bertz CT molecular complexity index is 871. The molecule has 2 heterocycles. The molecule has 4 atom stereocenters. The monoisotopic (exact) mass is 380 g/mol. The van der Waals surface area contributed by atoms with Crippen LogP contribution in [0.2, 0.25) is 0 Å². The van der Waals surface area contributed by atoms with E-state index in [9.17, 15) is 9.59 Å². The highest BCUT2D eigenvalue weighted by Gasteiger charge is 2.71. The molecule has 5 rings (SSSR count). The molecule has 0 radical (unpaired) electrons. The van der Waals surface area contributed by atoms with Crippen LogP contribution >= 0.6 is 0 Å². The van der Waals surface area contributed by atoms with Gasteiger partial charge in [0.25, 0.3) is 0 Å². The van der Waals surface area contributed by atoms with Crippen molar-refractivity contribution in [1.82, 2.24) is 0 Å². The van der Waals surface area contributed by atoms with Crippen molar-refractivity contribution in [1.29, 1.82) is 0 Å². The lowest BCUT2D eigenvalue weighted by Gasteiger charge is -2.61. The molecule has 3 aliphatic carbocycles. The van der Waals surface area contributed by atoms with Gasteiger partial charge < -0.3 is 9.47 Å². The molecule has 4 heteroatoms. The Kier molecular flexibility index (Phi) is 4.15. The topological polar surface area (TPSA) is 52.6 Å². The number of esters is 2. The van der Waals surface area contributed by atoms with Gasteiger partial charge in [-0.05, 0) is 56.1 Å². The molecule has 0 amide bonds. The first-order valence-electron chi connectivity index (χ1n) is 10.9. The van der Waals surface area contributed by atoms with E-state index in [-0.39, 0.29) is 17.9 Å². The first kappa shape index (κ1) is 18.0. The van der Waals surface area contributed by atoms with Crippen molar-refractivity contribution in [2.24, 2.45) is 17.8 Å². The van der Waals surface area contributed by atoms with E-state index in [4.69, 9.17) is 9.47 Å². The van der Waals surface area contributed by atoms with E-state index in [1.807, 2.05) is 6.08 Å². The summed E-state index contributed by atoms with van der Waals surface area (Å²) in [7, 11) is 0. The van der Waals surface area contributed by atoms with Crippen molar-refractivity contribution >= 4 is 11.9 Å². The molecule has 0 aromatic carbocycles. The number of carbonyl (C=O) groups excluding carboxylic acids is 2. The van der Waals surface area contributed by atoms with Crippen molar-refractivity contribution in [2.75, 3.05) is 0 Å². The third-order valence-electron chi connectivity index (χ3n) is 7.38. The van der Waals surface area contributed by atoms with Crippen LogP contribution in [-0.2, 0) is 19.1 Å². The standard InChI is InChI=1S/C24H28O4/c1-3-5-11-19-16-13-12-14-17(8-4-2)24(21(14)20(16)23(26)27-19)18-10-7-6-9-15(18)22(25)28-24/h6,9,11,14,17,21H,3-5,7-8,10,12-13H2,1-2H3/b19-11-/t14?,17-,21-,24+/m0/s1. The van der Waals surface area contributed by atoms with Crippen LogP contribution in [0.15, 0.2) is 46.3 Å². The molecule has 1 spiro atoms. The maximum atomic E-state index is 12.9. The minimum atomic E-state index is -0.613. The first-order valence-corrected chi connectivity index (χ1v) is 10.9. The average molecular weight is 380 g/mol. The number of rotatable bonds is 4. The quantitative estimate of drug-likeness (QED) is 0.650. The van der Waals surface area contributed by atoms with Gasteiger partial charge in [-0.25, -0.2) is 9.59 Å². The fourth-order valence-electron chi connectivity index (χ4n) is 6.39. The number of unbranched alkanes of at least 4 members (excludes halogenated alkanes) is 1. The minimum absolute atomic E-state index is 0.0317. The largest absolute Gasteiger partial charge is 0.450 e. The molecule has 0 bridgehead atoms. The first-order chi connectivity index (χ1) is 13.6. The summed E-state index contributed by atoms with van der Waals surface area (Å²) in [5.74, 6) is 1.04. The number of cyclic esters (lactones) is 1. The molecule has 2 aliphatic heterocycles. The third-order valence-corrected chi connectivity index (χ3v) is 7.38. The molecule has 1 saturated carbocycles. The fourth-order valence-corrected chi connectivity index (χ4v) is 6.39. The van der Waals surface area contributed by atoms with Gasteiger partial charge in [-0.2, -0.15) is 0 Å². The molecular weight excluding hydrogens is 352 g/mol. The van der Waals surface area contributed by atoms with E-state index in [2.05, 4.69) is 26.0 Å². The number of allylic oxidation sites excluding steroid dienone is 3. The van der Waals surface area contributed by atoms with Gasteiger partial charge >= 0.3 is 11.9 Å². The molecule has 0 aromatic heterocycles. The van der Waals surface area contributed by atoms with Gasteiger partial charge in [-0.1, -0.05) is 38.8 Å². The van der Waals surface area contributed by atoms with E-state index in [0.717, 1.165) is 79.4 Å². The summed E-state index contributed by atoms with van der Waals surface area (Å²) in [6.45, 7) is 4.32. The summed E-state index contributed by atoms with van der Waals surface area (Å²) in [6.07, 6.45) is 13.8. The maximum Gasteiger partial charge on any atom is 0.340 e. The van der Waals surface area contributed by atoms with E-state index in [1.54, 1.807) is 0 Å². The van der Waals surface area contributed by atoms with Crippen molar-refractivity contribution in [2.45, 2.75) is 70.8 Å². The molecule has 28 heavy (non-hydrogen) atoms. The van der Waals surface area contributed by atoms with E-state index in [0.29, 0.717) is 11.8 Å². The van der Waals surface area contributed by atoms with Crippen LogP contribution < -0.4 is 0 Å². The number of hydrogen-bond donors (Lipinski definition) is 0. The molecule has 1 fully saturated rings. The van der Waals surface area contributed by atoms with Crippen molar-refractivity contribution in [3.8, 4) is 0 Å². The van der Waals surface area contributed by atoms with E-state index in [1.165, 1.54) is 0 Å². The van der Waals surface area contributed by atoms with Gasteiger partial charge in [0.05, 0.1) is 11.1 Å². The summed E-state index contributed by atoms with van der Waals surface area (Å²) in [5, 5.41) is 0. The Morgan fingerprint density at radius 2 is 2.04 bits per heavy atom.